The summed E-state index contributed by atoms with van der Waals surface area (Å²) in [5, 5.41) is 17.0. The van der Waals surface area contributed by atoms with E-state index < -0.39 is 0 Å². The number of carbonyl (C=O) groups is 1. The Morgan fingerprint density at radius 3 is 3.13 bits per heavy atom. The van der Waals surface area contributed by atoms with Crippen molar-refractivity contribution in [1.82, 2.24) is 19.7 Å². The number of aliphatic hydroxyl groups excluding tert-OH is 1. The molecular formula is C17H22N4O2. The third-order valence-corrected chi connectivity index (χ3v) is 5.66. The van der Waals surface area contributed by atoms with Gasteiger partial charge in [-0.05, 0) is 37.0 Å². The molecule has 2 aliphatic rings. The molecule has 23 heavy (non-hydrogen) atoms. The molecule has 3 heterocycles. The van der Waals surface area contributed by atoms with Gasteiger partial charge in [-0.2, -0.15) is 5.10 Å². The van der Waals surface area contributed by atoms with Gasteiger partial charge in [0.05, 0.1) is 12.3 Å². The Balaban J connectivity index is 1.55. The Morgan fingerprint density at radius 2 is 2.43 bits per heavy atom. The third-order valence-electron chi connectivity index (χ3n) is 5.66. The number of amides is 1. The van der Waals surface area contributed by atoms with E-state index in [9.17, 15) is 9.90 Å². The Kier molecular flexibility index (Phi) is 3.30. The smallest absolute Gasteiger partial charge is 0.271 e. The Bertz CT molecular complexity index is 735. The Hall–Kier alpha value is -2.08. The number of aromatic amines is 1. The van der Waals surface area contributed by atoms with Gasteiger partial charge >= 0.3 is 0 Å². The van der Waals surface area contributed by atoms with Crippen LogP contribution in [0.2, 0.25) is 0 Å². The quantitative estimate of drug-likeness (QED) is 0.904. The van der Waals surface area contributed by atoms with Crippen LogP contribution in [0.25, 0.3) is 11.4 Å². The highest BCUT2D eigenvalue weighted by Gasteiger charge is 2.50. The van der Waals surface area contributed by atoms with E-state index in [0.29, 0.717) is 18.2 Å². The zero-order chi connectivity index (χ0) is 16.0. The first-order chi connectivity index (χ1) is 11.1. The van der Waals surface area contributed by atoms with Crippen LogP contribution < -0.4 is 0 Å². The van der Waals surface area contributed by atoms with Crippen molar-refractivity contribution in [2.75, 3.05) is 19.7 Å². The number of hydrogen-bond acceptors (Lipinski definition) is 3. The van der Waals surface area contributed by atoms with Crippen molar-refractivity contribution in [3.8, 4) is 11.4 Å². The first-order valence-electron chi connectivity index (χ1n) is 8.20. The normalized spacial score (nSPS) is 26.7. The SMILES string of the molecule is Cn1cccc1-c1cc(C(=O)N2C[C@H]3CCC[C@@]3(CO)C2)[nH]n1. The van der Waals surface area contributed by atoms with Gasteiger partial charge < -0.3 is 14.6 Å². The van der Waals surface area contributed by atoms with Crippen LogP contribution in [0.5, 0.6) is 0 Å². The third kappa shape index (κ3) is 2.20. The van der Waals surface area contributed by atoms with Crippen LogP contribution in [0.4, 0.5) is 0 Å². The number of likely N-dealkylation sites (tertiary alicyclic amines) is 1. The summed E-state index contributed by atoms with van der Waals surface area (Å²) in [5.74, 6) is 0.423. The van der Waals surface area contributed by atoms with Crippen LogP contribution in [0.3, 0.4) is 0 Å². The number of hydrogen-bond donors (Lipinski definition) is 2. The van der Waals surface area contributed by atoms with Gasteiger partial charge in [-0.3, -0.25) is 9.89 Å². The van der Waals surface area contributed by atoms with Crippen LogP contribution in [0.15, 0.2) is 24.4 Å². The summed E-state index contributed by atoms with van der Waals surface area (Å²) < 4.78 is 1.98. The number of fused-ring (bicyclic) bond motifs is 1. The number of nitrogens with one attached hydrogen (secondary N) is 1. The molecule has 1 saturated heterocycles. The van der Waals surface area contributed by atoms with Crippen molar-refractivity contribution in [3.63, 3.8) is 0 Å². The molecule has 2 fully saturated rings. The van der Waals surface area contributed by atoms with Gasteiger partial charge in [0.25, 0.3) is 5.91 Å². The lowest BCUT2D eigenvalue weighted by molar-refractivity contribution is 0.0729. The second-order valence-corrected chi connectivity index (χ2v) is 6.97. The lowest BCUT2D eigenvalue weighted by Gasteiger charge is -2.25. The van der Waals surface area contributed by atoms with E-state index >= 15 is 0 Å². The van der Waals surface area contributed by atoms with Gasteiger partial charge in [-0.15, -0.1) is 0 Å². The minimum atomic E-state index is -0.0728. The van der Waals surface area contributed by atoms with E-state index in [1.165, 1.54) is 0 Å². The van der Waals surface area contributed by atoms with Crippen LogP contribution in [0, 0.1) is 11.3 Å². The molecule has 0 bridgehead atoms. The number of aromatic nitrogens is 3. The number of nitrogens with zero attached hydrogens (tertiary/aromatic N) is 3. The average molecular weight is 314 g/mol. The topological polar surface area (TPSA) is 74.2 Å². The predicted octanol–water partition coefficient (Wildman–Crippen LogP) is 1.65. The fraction of sp³-hybridized carbons (Fsp3) is 0.529. The van der Waals surface area contributed by atoms with Gasteiger partial charge in [0.15, 0.2) is 0 Å². The van der Waals surface area contributed by atoms with Crippen LogP contribution in [-0.2, 0) is 7.05 Å². The van der Waals surface area contributed by atoms with E-state index in [2.05, 4.69) is 10.2 Å². The van der Waals surface area contributed by atoms with Gasteiger partial charge in [0.2, 0.25) is 0 Å². The molecule has 0 spiro atoms. The van der Waals surface area contributed by atoms with Crippen LogP contribution >= 0.6 is 0 Å². The summed E-state index contributed by atoms with van der Waals surface area (Å²) in [5.41, 5.74) is 2.20. The molecule has 1 aliphatic carbocycles. The summed E-state index contributed by atoms with van der Waals surface area (Å²) in [6.07, 6.45) is 5.25. The lowest BCUT2D eigenvalue weighted by atomic mass is 9.82. The molecule has 6 heteroatoms. The number of aryl methyl sites for hydroxylation is 1. The summed E-state index contributed by atoms with van der Waals surface area (Å²) in [6, 6.07) is 5.75. The summed E-state index contributed by atoms with van der Waals surface area (Å²) >= 11 is 0. The molecule has 2 aromatic rings. The Morgan fingerprint density at radius 1 is 1.57 bits per heavy atom. The minimum Gasteiger partial charge on any atom is -0.396 e. The van der Waals surface area contributed by atoms with Crippen molar-refractivity contribution in [1.29, 1.82) is 0 Å². The summed E-state index contributed by atoms with van der Waals surface area (Å²) in [7, 11) is 1.96. The van der Waals surface area contributed by atoms with Crippen LogP contribution in [0.1, 0.15) is 29.8 Å². The monoisotopic (exact) mass is 314 g/mol. The van der Waals surface area contributed by atoms with E-state index in [-0.39, 0.29) is 17.9 Å². The van der Waals surface area contributed by atoms with E-state index in [1.807, 2.05) is 40.9 Å². The standard InChI is InChI=1S/C17H22N4O2/c1-20-7-3-5-15(20)13-8-14(19-18-13)16(23)21-9-12-4-2-6-17(12,10-21)11-22/h3,5,7-8,12,22H,2,4,6,9-11H2,1H3,(H,18,19)/t12-,17+/m1/s1. The zero-order valence-electron chi connectivity index (χ0n) is 13.3. The first kappa shape index (κ1) is 14.5. The van der Waals surface area contributed by atoms with E-state index in [0.717, 1.165) is 37.2 Å². The van der Waals surface area contributed by atoms with Gasteiger partial charge in [-0.1, -0.05) is 6.42 Å². The minimum absolute atomic E-state index is 0.0137. The molecule has 2 atom stereocenters. The second-order valence-electron chi connectivity index (χ2n) is 6.97. The van der Waals surface area contributed by atoms with Crippen molar-refractivity contribution in [2.45, 2.75) is 19.3 Å². The average Bonchev–Trinajstić information content (AvgIpc) is 3.28. The fourth-order valence-corrected chi connectivity index (χ4v) is 4.29. The molecule has 0 unspecified atom stereocenters. The van der Waals surface area contributed by atoms with E-state index in [1.54, 1.807) is 0 Å². The summed E-state index contributed by atoms with van der Waals surface area (Å²) in [6.45, 7) is 1.59. The number of H-pyrrole nitrogens is 1. The van der Waals surface area contributed by atoms with Crippen molar-refractivity contribution in [3.05, 3.63) is 30.1 Å². The molecule has 122 valence electrons. The highest BCUT2D eigenvalue weighted by molar-refractivity contribution is 5.93. The van der Waals surface area contributed by atoms with Crippen molar-refractivity contribution >= 4 is 5.91 Å². The molecule has 6 nitrogen and oxygen atoms in total. The highest BCUT2D eigenvalue weighted by atomic mass is 16.3. The molecule has 1 aliphatic heterocycles. The van der Waals surface area contributed by atoms with Gasteiger partial charge in [0.1, 0.15) is 11.4 Å². The molecule has 2 aromatic heterocycles. The van der Waals surface area contributed by atoms with Crippen LogP contribution in [-0.4, -0.2) is 50.4 Å². The molecule has 0 aromatic carbocycles. The van der Waals surface area contributed by atoms with Gasteiger partial charge in [-0.25, -0.2) is 0 Å². The largest absolute Gasteiger partial charge is 0.396 e. The van der Waals surface area contributed by atoms with Gasteiger partial charge in [0, 0.05) is 31.7 Å². The van der Waals surface area contributed by atoms with E-state index in [4.69, 9.17) is 0 Å². The fourth-order valence-electron chi connectivity index (χ4n) is 4.29. The maximum atomic E-state index is 12.8. The molecular weight excluding hydrogens is 292 g/mol. The molecule has 2 N–H and O–H groups in total. The second kappa shape index (κ2) is 5.23. The maximum absolute atomic E-state index is 12.8. The molecule has 1 amide bonds. The predicted molar refractivity (Wildman–Crippen MR) is 85.8 cm³/mol. The Labute approximate surface area is 135 Å². The summed E-state index contributed by atoms with van der Waals surface area (Å²) in [4.78, 5) is 14.6. The molecule has 4 rings (SSSR count). The number of rotatable bonds is 3. The highest BCUT2D eigenvalue weighted by Crippen LogP contribution is 2.48. The zero-order valence-corrected chi connectivity index (χ0v) is 13.3. The molecule has 1 saturated carbocycles. The maximum Gasteiger partial charge on any atom is 0.271 e. The molecule has 0 radical (unpaired) electrons. The van der Waals surface area contributed by atoms with Crippen molar-refractivity contribution < 1.29 is 9.90 Å². The lowest BCUT2D eigenvalue weighted by Crippen LogP contribution is -2.34. The number of aliphatic hydroxyl groups is 1. The van der Waals surface area contributed by atoms with Crippen molar-refractivity contribution in [2.24, 2.45) is 18.4 Å². The first-order valence-corrected chi connectivity index (χ1v) is 8.20. The number of carbonyl (C=O) groups excluding carboxylic acids is 1.